The van der Waals surface area contributed by atoms with Crippen LogP contribution in [0.4, 0.5) is 5.13 Å². The van der Waals surface area contributed by atoms with E-state index in [9.17, 15) is 4.79 Å². The first-order valence-corrected chi connectivity index (χ1v) is 10.5. The van der Waals surface area contributed by atoms with Gasteiger partial charge in [-0.2, -0.15) is 0 Å². The molecule has 0 bridgehead atoms. The maximum atomic E-state index is 12.3. The highest BCUT2D eigenvalue weighted by Gasteiger charge is 2.15. The first-order valence-electron chi connectivity index (χ1n) is 9.61. The molecule has 27 heavy (non-hydrogen) atoms. The molecular formula is C20H25N3O3S. The summed E-state index contributed by atoms with van der Waals surface area (Å²) in [7, 11) is 0. The van der Waals surface area contributed by atoms with Gasteiger partial charge in [0.05, 0.1) is 5.69 Å². The fourth-order valence-corrected chi connectivity index (χ4v) is 4.21. The molecule has 0 aliphatic carbocycles. The van der Waals surface area contributed by atoms with Gasteiger partial charge in [0, 0.05) is 18.3 Å². The number of ether oxygens (including phenoxy) is 2. The Balaban J connectivity index is 1.25. The second kappa shape index (κ2) is 8.71. The molecule has 1 aromatic carbocycles. The van der Waals surface area contributed by atoms with Crippen molar-refractivity contribution in [2.45, 2.75) is 45.1 Å². The number of benzene rings is 1. The average molecular weight is 388 g/mol. The summed E-state index contributed by atoms with van der Waals surface area (Å²) in [4.78, 5) is 19.3. The van der Waals surface area contributed by atoms with Gasteiger partial charge < -0.3 is 14.8 Å². The van der Waals surface area contributed by atoms with Crippen molar-refractivity contribution in [1.29, 1.82) is 0 Å². The Hall–Kier alpha value is -2.12. The third-order valence-electron chi connectivity index (χ3n) is 4.96. The number of likely N-dealkylation sites (tertiary alicyclic amines) is 1. The van der Waals surface area contributed by atoms with E-state index in [1.807, 2.05) is 18.2 Å². The lowest BCUT2D eigenvalue weighted by Gasteiger charge is -2.17. The van der Waals surface area contributed by atoms with E-state index in [1.165, 1.54) is 37.0 Å². The zero-order valence-electron chi connectivity index (χ0n) is 15.4. The first-order chi connectivity index (χ1) is 13.3. The van der Waals surface area contributed by atoms with Gasteiger partial charge in [-0.3, -0.25) is 9.69 Å². The van der Waals surface area contributed by atoms with Crippen LogP contribution in [-0.2, 0) is 17.8 Å². The normalized spacial score (nSPS) is 16.9. The molecule has 6 nitrogen and oxygen atoms in total. The Morgan fingerprint density at radius 1 is 1.15 bits per heavy atom. The van der Waals surface area contributed by atoms with Crippen LogP contribution in [0.15, 0.2) is 23.6 Å². The minimum Gasteiger partial charge on any atom is -0.454 e. The van der Waals surface area contributed by atoms with Gasteiger partial charge >= 0.3 is 0 Å². The SMILES string of the molecule is O=C(CCc1ccc2c(c1)OCO2)Nc1nc(CN2CCCCCC2)cs1. The Bertz CT molecular complexity index is 785. The Kier molecular flexibility index (Phi) is 5.89. The Labute approximate surface area is 163 Å². The number of nitrogens with one attached hydrogen (secondary N) is 1. The Morgan fingerprint density at radius 2 is 1.96 bits per heavy atom. The summed E-state index contributed by atoms with van der Waals surface area (Å²) >= 11 is 1.50. The third-order valence-corrected chi connectivity index (χ3v) is 5.77. The minimum atomic E-state index is -0.0108. The second-order valence-electron chi connectivity index (χ2n) is 7.07. The van der Waals surface area contributed by atoms with Crippen molar-refractivity contribution >= 4 is 22.4 Å². The van der Waals surface area contributed by atoms with Gasteiger partial charge in [-0.05, 0) is 50.0 Å². The van der Waals surface area contributed by atoms with Crippen LogP contribution in [0.2, 0.25) is 0 Å². The molecule has 0 saturated carbocycles. The summed E-state index contributed by atoms with van der Waals surface area (Å²) in [6.45, 7) is 3.44. The van der Waals surface area contributed by atoms with Crippen LogP contribution in [0, 0.1) is 0 Å². The van der Waals surface area contributed by atoms with E-state index in [0.29, 0.717) is 18.0 Å². The summed E-state index contributed by atoms with van der Waals surface area (Å²) in [5.41, 5.74) is 2.11. The van der Waals surface area contributed by atoms with Crippen molar-refractivity contribution in [3.8, 4) is 11.5 Å². The summed E-state index contributed by atoms with van der Waals surface area (Å²) in [6.07, 6.45) is 6.28. The lowest BCUT2D eigenvalue weighted by atomic mass is 10.1. The molecule has 144 valence electrons. The number of anilines is 1. The maximum absolute atomic E-state index is 12.3. The van der Waals surface area contributed by atoms with Crippen molar-refractivity contribution in [1.82, 2.24) is 9.88 Å². The standard InChI is InChI=1S/C20H25N3O3S/c24-19(8-6-15-5-7-17-18(11-15)26-14-25-17)22-20-21-16(13-27-20)12-23-9-3-1-2-4-10-23/h5,7,11,13H,1-4,6,8-10,12,14H2,(H,21,22,24). The summed E-state index contributed by atoms with van der Waals surface area (Å²) in [5.74, 6) is 1.51. The fraction of sp³-hybridized carbons (Fsp3) is 0.500. The number of aromatic nitrogens is 1. The quantitative estimate of drug-likeness (QED) is 0.816. The van der Waals surface area contributed by atoms with Crippen molar-refractivity contribution in [3.05, 3.63) is 34.8 Å². The van der Waals surface area contributed by atoms with E-state index in [1.54, 1.807) is 0 Å². The topological polar surface area (TPSA) is 63.7 Å². The molecular weight excluding hydrogens is 362 g/mol. The maximum Gasteiger partial charge on any atom is 0.231 e. The van der Waals surface area contributed by atoms with E-state index in [0.717, 1.165) is 42.4 Å². The molecule has 2 aliphatic heterocycles. The second-order valence-corrected chi connectivity index (χ2v) is 7.93. The predicted octanol–water partition coefficient (Wildman–Crippen LogP) is 3.82. The van der Waals surface area contributed by atoms with Crippen LogP contribution in [-0.4, -0.2) is 35.7 Å². The molecule has 1 amide bonds. The summed E-state index contributed by atoms with van der Waals surface area (Å²) in [5, 5.41) is 5.67. The zero-order chi connectivity index (χ0) is 18.5. The highest BCUT2D eigenvalue weighted by molar-refractivity contribution is 7.13. The molecule has 0 unspecified atom stereocenters. The van der Waals surface area contributed by atoms with Crippen LogP contribution >= 0.6 is 11.3 Å². The number of carbonyl (C=O) groups excluding carboxylic acids is 1. The number of rotatable bonds is 6. The third kappa shape index (κ3) is 4.99. The van der Waals surface area contributed by atoms with Gasteiger partial charge in [0.25, 0.3) is 0 Å². The largest absolute Gasteiger partial charge is 0.454 e. The average Bonchev–Trinajstić information content (AvgIpc) is 3.23. The van der Waals surface area contributed by atoms with Crippen LogP contribution in [0.25, 0.3) is 0 Å². The lowest BCUT2D eigenvalue weighted by Crippen LogP contribution is -2.24. The van der Waals surface area contributed by atoms with E-state index in [-0.39, 0.29) is 12.7 Å². The van der Waals surface area contributed by atoms with Gasteiger partial charge in [-0.25, -0.2) is 4.98 Å². The summed E-state index contributed by atoms with van der Waals surface area (Å²) < 4.78 is 10.7. The van der Waals surface area contributed by atoms with E-state index >= 15 is 0 Å². The molecule has 0 radical (unpaired) electrons. The highest BCUT2D eigenvalue weighted by Crippen LogP contribution is 2.32. The van der Waals surface area contributed by atoms with E-state index in [2.05, 4.69) is 20.6 Å². The Morgan fingerprint density at radius 3 is 2.81 bits per heavy atom. The van der Waals surface area contributed by atoms with Gasteiger partial charge in [0.1, 0.15) is 0 Å². The minimum absolute atomic E-state index is 0.0108. The molecule has 2 aliphatic rings. The molecule has 0 atom stereocenters. The van der Waals surface area contributed by atoms with Gasteiger partial charge in [0.15, 0.2) is 16.6 Å². The predicted molar refractivity (Wildman–Crippen MR) is 105 cm³/mol. The monoisotopic (exact) mass is 387 g/mol. The molecule has 1 saturated heterocycles. The van der Waals surface area contributed by atoms with E-state index < -0.39 is 0 Å². The number of nitrogens with zero attached hydrogens (tertiary/aromatic N) is 2. The number of hydrogen-bond acceptors (Lipinski definition) is 6. The molecule has 1 fully saturated rings. The lowest BCUT2D eigenvalue weighted by molar-refractivity contribution is -0.116. The number of thiazole rings is 1. The van der Waals surface area contributed by atoms with Gasteiger partial charge in [-0.15, -0.1) is 11.3 Å². The van der Waals surface area contributed by atoms with Crippen LogP contribution in [0.1, 0.15) is 43.4 Å². The summed E-state index contributed by atoms with van der Waals surface area (Å²) in [6, 6.07) is 5.81. The number of amides is 1. The van der Waals surface area contributed by atoms with Crippen molar-refractivity contribution in [2.75, 3.05) is 25.2 Å². The molecule has 1 N–H and O–H groups in total. The van der Waals surface area contributed by atoms with Crippen molar-refractivity contribution in [3.63, 3.8) is 0 Å². The number of hydrogen-bond donors (Lipinski definition) is 1. The zero-order valence-corrected chi connectivity index (χ0v) is 16.2. The smallest absolute Gasteiger partial charge is 0.231 e. The first kappa shape index (κ1) is 18.3. The van der Waals surface area contributed by atoms with E-state index in [4.69, 9.17) is 9.47 Å². The number of aryl methyl sites for hydroxylation is 1. The molecule has 1 aromatic heterocycles. The van der Waals surface area contributed by atoms with Gasteiger partial charge in [0.2, 0.25) is 12.7 Å². The molecule has 2 aromatic rings. The molecule has 4 rings (SSSR count). The van der Waals surface area contributed by atoms with Crippen LogP contribution in [0.5, 0.6) is 11.5 Å². The van der Waals surface area contributed by atoms with Crippen LogP contribution < -0.4 is 14.8 Å². The van der Waals surface area contributed by atoms with Gasteiger partial charge in [-0.1, -0.05) is 18.9 Å². The highest BCUT2D eigenvalue weighted by atomic mass is 32.1. The van der Waals surface area contributed by atoms with Crippen LogP contribution in [0.3, 0.4) is 0 Å². The van der Waals surface area contributed by atoms with Crippen molar-refractivity contribution < 1.29 is 14.3 Å². The molecule has 0 spiro atoms. The van der Waals surface area contributed by atoms with Crippen molar-refractivity contribution in [2.24, 2.45) is 0 Å². The number of fused-ring (bicyclic) bond motifs is 1. The number of carbonyl (C=O) groups is 1. The molecule has 7 heteroatoms. The fourth-order valence-electron chi connectivity index (χ4n) is 3.50. The molecule has 3 heterocycles.